The van der Waals surface area contributed by atoms with Gasteiger partial charge >= 0.3 is 0 Å². The van der Waals surface area contributed by atoms with Gasteiger partial charge in [-0.3, -0.25) is 0 Å². The first kappa shape index (κ1) is 8.80. The first-order chi connectivity index (χ1) is 6.70. The van der Waals surface area contributed by atoms with Crippen molar-refractivity contribution in [1.29, 1.82) is 0 Å². The summed E-state index contributed by atoms with van der Waals surface area (Å²) < 4.78 is 15.1. The lowest BCUT2D eigenvalue weighted by molar-refractivity contribution is 0.615. The van der Waals surface area contributed by atoms with E-state index in [0.29, 0.717) is 5.69 Å². The smallest absolute Gasteiger partial charge is 0.169 e. The molecule has 72 valence electrons. The summed E-state index contributed by atoms with van der Waals surface area (Å²) >= 11 is 0. The predicted octanol–water partition coefficient (Wildman–Crippen LogP) is 1.32. The summed E-state index contributed by atoms with van der Waals surface area (Å²) in [5.41, 5.74) is 0.936. The second kappa shape index (κ2) is 3.17. The third-order valence-electron chi connectivity index (χ3n) is 2.13. The molecule has 4 nitrogen and oxygen atoms in total. The van der Waals surface area contributed by atoms with Crippen LogP contribution in [0.4, 0.5) is 4.39 Å². The average Bonchev–Trinajstić information content (AvgIpc) is 2.49. The Labute approximate surface area is 80.5 Å². The molecule has 0 radical (unpaired) electrons. The van der Waals surface area contributed by atoms with E-state index in [4.69, 9.17) is 0 Å². The molecule has 0 aliphatic carbocycles. The van der Waals surface area contributed by atoms with Crippen molar-refractivity contribution in [2.24, 2.45) is 7.05 Å². The largest absolute Gasteiger partial charge is 0.330 e. The molecule has 0 unspecified atom stereocenters. The number of imidazole rings is 1. The number of aryl methyl sites for hydroxylation is 1. The number of halogens is 1. The second-order valence-electron chi connectivity index (χ2n) is 2.97. The lowest BCUT2D eigenvalue weighted by Crippen LogP contribution is -1.98. The molecule has 2 heterocycles. The van der Waals surface area contributed by atoms with Gasteiger partial charge in [0.2, 0.25) is 0 Å². The molecule has 0 aliphatic heterocycles. The van der Waals surface area contributed by atoms with Gasteiger partial charge in [-0.05, 0) is 6.92 Å². The molecule has 2 rings (SSSR count). The van der Waals surface area contributed by atoms with Gasteiger partial charge in [-0.15, -0.1) is 0 Å². The number of aromatic nitrogens is 4. The van der Waals surface area contributed by atoms with Gasteiger partial charge in [-0.1, -0.05) is 0 Å². The van der Waals surface area contributed by atoms with Crippen molar-refractivity contribution >= 4 is 0 Å². The molecule has 0 saturated carbocycles. The van der Waals surface area contributed by atoms with Gasteiger partial charge in [0.05, 0.1) is 18.1 Å². The van der Waals surface area contributed by atoms with Crippen molar-refractivity contribution in [2.45, 2.75) is 6.92 Å². The molecule has 0 fully saturated rings. The van der Waals surface area contributed by atoms with Crippen molar-refractivity contribution in [3.63, 3.8) is 0 Å². The Morgan fingerprint density at radius 3 is 2.64 bits per heavy atom. The Hall–Kier alpha value is -1.78. The van der Waals surface area contributed by atoms with E-state index in [0.717, 1.165) is 12.0 Å². The minimum Gasteiger partial charge on any atom is -0.330 e. The van der Waals surface area contributed by atoms with E-state index in [2.05, 4.69) is 15.0 Å². The molecule has 0 spiro atoms. The Bertz CT molecular complexity index is 464. The maximum atomic E-state index is 13.3. The van der Waals surface area contributed by atoms with Gasteiger partial charge in [0, 0.05) is 7.05 Å². The van der Waals surface area contributed by atoms with Crippen LogP contribution in [0.1, 0.15) is 5.82 Å². The fourth-order valence-corrected chi connectivity index (χ4v) is 1.22. The first-order valence-electron chi connectivity index (χ1n) is 4.14. The highest BCUT2D eigenvalue weighted by Crippen LogP contribution is 2.18. The van der Waals surface area contributed by atoms with Crippen LogP contribution in [0.5, 0.6) is 0 Å². The molecule has 2 aromatic heterocycles. The van der Waals surface area contributed by atoms with Gasteiger partial charge < -0.3 is 4.57 Å². The average molecular weight is 192 g/mol. The number of hydrogen-bond donors (Lipinski definition) is 0. The van der Waals surface area contributed by atoms with E-state index in [9.17, 15) is 4.39 Å². The topological polar surface area (TPSA) is 43.6 Å². The molecule has 14 heavy (non-hydrogen) atoms. The van der Waals surface area contributed by atoms with Crippen molar-refractivity contribution in [3.8, 4) is 11.4 Å². The van der Waals surface area contributed by atoms with E-state index >= 15 is 0 Å². The summed E-state index contributed by atoms with van der Waals surface area (Å²) in [4.78, 5) is 11.5. The summed E-state index contributed by atoms with van der Waals surface area (Å²) in [6.45, 7) is 1.85. The van der Waals surface area contributed by atoms with Crippen LogP contribution in [0.25, 0.3) is 11.4 Å². The fourth-order valence-electron chi connectivity index (χ4n) is 1.22. The highest BCUT2D eigenvalue weighted by Gasteiger charge is 2.11. The second-order valence-corrected chi connectivity index (χ2v) is 2.97. The maximum Gasteiger partial charge on any atom is 0.169 e. The zero-order valence-electron chi connectivity index (χ0n) is 7.90. The van der Waals surface area contributed by atoms with Crippen LogP contribution < -0.4 is 0 Å². The van der Waals surface area contributed by atoms with Gasteiger partial charge in [-0.25, -0.2) is 19.3 Å². The Kier molecular flexibility index (Phi) is 1.99. The quantitative estimate of drug-likeness (QED) is 0.684. The van der Waals surface area contributed by atoms with Crippen LogP contribution >= 0.6 is 0 Å². The third kappa shape index (κ3) is 1.26. The zero-order valence-corrected chi connectivity index (χ0v) is 7.90. The van der Waals surface area contributed by atoms with Crippen LogP contribution in [-0.2, 0) is 7.05 Å². The lowest BCUT2D eigenvalue weighted by Gasteiger charge is -2.02. The fraction of sp³-hybridized carbons (Fsp3) is 0.222. The first-order valence-corrected chi connectivity index (χ1v) is 4.14. The van der Waals surface area contributed by atoms with Crippen LogP contribution in [0.15, 0.2) is 18.7 Å². The number of nitrogens with zero attached hydrogens (tertiary/aromatic N) is 4. The summed E-state index contributed by atoms with van der Waals surface area (Å²) in [6.07, 6.45) is 4.06. The van der Waals surface area contributed by atoms with E-state index in [1.165, 1.54) is 6.33 Å². The van der Waals surface area contributed by atoms with Crippen molar-refractivity contribution in [3.05, 3.63) is 30.4 Å². The van der Waals surface area contributed by atoms with Crippen molar-refractivity contribution in [1.82, 2.24) is 19.5 Å². The monoisotopic (exact) mass is 192 g/mol. The summed E-state index contributed by atoms with van der Waals surface area (Å²) in [5.74, 6) is 0.383. The van der Waals surface area contributed by atoms with Gasteiger partial charge in [0.15, 0.2) is 5.82 Å². The molecule has 0 bridgehead atoms. The summed E-state index contributed by atoms with van der Waals surface area (Å²) in [7, 11) is 1.82. The minimum absolute atomic E-state index is 0.281. The molecule has 0 saturated heterocycles. The van der Waals surface area contributed by atoms with Crippen LogP contribution in [0.3, 0.4) is 0 Å². The Morgan fingerprint density at radius 1 is 1.29 bits per heavy atom. The molecule has 5 heteroatoms. The Balaban J connectivity index is 2.60. The molecular formula is C9H9FN4. The summed E-state index contributed by atoms with van der Waals surface area (Å²) in [5, 5.41) is 0. The van der Waals surface area contributed by atoms with Crippen LogP contribution in [0, 0.1) is 12.7 Å². The number of hydrogen-bond acceptors (Lipinski definition) is 3. The lowest BCUT2D eigenvalue weighted by atomic mass is 10.3. The van der Waals surface area contributed by atoms with Crippen LogP contribution in [0.2, 0.25) is 0 Å². The zero-order chi connectivity index (χ0) is 10.1. The van der Waals surface area contributed by atoms with Gasteiger partial charge in [0.25, 0.3) is 0 Å². The number of rotatable bonds is 1. The van der Waals surface area contributed by atoms with Crippen LogP contribution in [-0.4, -0.2) is 19.5 Å². The predicted molar refractivity (Wildman–Crippen MR) is 48.9 cm³/mol. The maximum absolute atomic E-state index is 13.3. The van der Waals surface area contributed by atoms with E-state index < -0.39 is 5.82 Å². The van der Waals surface area contributed by atoms with E-state index in [-0.39, 0.29) is 5.69 Å². The standard InChI is InChI=1S/C9H9FN4/c1-6-12-4-8(14(6)2)9-7(10)3-11-5-13-9/h3-5H,1-2H3. The van der Waals surface area contributed by atoms with Gasteiger partial charge in [0.1, 0.15) is 17.8 Å². The van der Waals surface area contributed by atoms with Crippen molar-refractivity contribution < 1.29 is 4.39 Å². The molecule has 2 aromatic rings. The molecule has 0 atom stereocenters. The molecule has 0 aliphatic rings. The molecule has 0 amide bonds. The Morgan fingerprint density at radius 2 is 2.07 bits per heavy atom. The third-order valence-corrected chi connectivity index (χ3v) is 2.13. The van der Waals surface area contributed by atoms with E-state index in [1.807, 2.05) is 14.0 Å². The van der Waals surface area contributed by atoms with E-state index in [1.54, 1.807) is 10.8 Å². The highest BCUT2D eigenvalue weighted by atomic mass is 19.1. The summed E-state index contributed by atoms with van der Waals surface area (Å²) in [6, 6.07) is 0. The molecule has 0 aromatic carbocycles. The SMILES string of the molecule is Cc1ncc(-c2ncncc2F)n1C. The highest BCUT2D eigenvalue weighted by molar-refractivity contribution is 5.54. The molecule has 0 N–H and O–H groups in total. The normalized spacial score (nSPS) is 10.5. The minimum atomic E-state index is -0.435. The van der Waals surface area contributed by atoms with Gasteiger partial charge in [-0.2, -0.15) is 0 Å². The molecular weight excluding hydrogens is 183 g/mol. The van der Waals surface area contributed by atoms with Crippen molar-refractivity contribution in [2.75, 3.05) is 0 Å².